The van der Waals surface area contributed by atoms with E-state index in [2.05, 4.69) is 4.74 Å². The van der Waals surface area contributed by atoms with Crippen LogP contribution >= 0.6 is 0 Å². The van der Waals surface area contributed by atoms with Gasteiger partial charge < -0.3 is 9.47 Å². The molecule has 0 N–H and O–H groups in total. The fourth-order valence-electron chi connectivity index (χ4n) is 0.934. The maximum Gasteiger partial charge on any atom is 0.344 e. The zero-order chi connectivity index (χ0) is 11.8. The lowest BCUT2D eigenvalue weighted by molar-refractivity contribution is -0.138. The average molecular weight is 214 g/mol. The van der Waals surface area contributed by atoms with Crippen LogP contribution in [0.15, 0.2) is 11.8 Å². The molecule has 0 aromatic rings. The summed E-state index contributed by atoms with van der Waals surface area (Å²) < 4.78 is 9.47. The van der Waals surface area contributed by atoms with Gasteiger partial charge in [0.15, 0.2) is 5.78 Å². The molecule has 0 aliphatic heterocycles. The predicted molar refractivity (Wildman–Crippen MR) is 56.2 cm³/mol. The van der Waals surface area contributed by atoms with Crippen LogP contribution in [-0.4, -0.2) is 25.5 Å². The number of Topliss-reactive ketones (excluding diaryl/α,β-unsaturated/α-hetero) is 1. The molecule has 15 heavy (non-hydrogen) atoms. The minimum absolute atomic E-state index is 0.0197. The van der Waals surface area contributed by atoms with E-state index >= 15 is 0 Å². The predicted octanol–water partition coefficient (Wildman–Crippen LogP) is 1.70. The van der Waals surface area contributed by atoms with Crippen LogP contribution in [0.25, 0.3) is 0 Å². The Labute approximate surface area is 90.2 Å². The van der Waals surface area contributed by atoms with Crippen LogP contribution in [0, 0.1) is 5.92 Å². The molecule has 0 bridgehead atoms. The summed E-state index contributed by atoms with van der Waals surface area (Å²) in [6, 6.07) is 0. The summed E-state index contributed by atoms with van der Waals surface area (Å²) in [5.74, 6) is -1.08. The van der Waals surface area contributed by atoms with E-state index in [0.29, 0.717) is 13.0 Å². The van der Waals surface area contributed by atoms with E-state index in [1.807, 2.05) is 6.92 Å². The number of carbonyl (C=O) groups excluding carboxylic acids is 2. The van der Waals surface area contributed by atoms with E-state index in [1.165, 1.54) is 13.4 Å². The normalized spacial score (nSPS) is 13.2. The first-order valence-corrected chi connectivity index (χ1v) is 5.02. The van der Waals surface area contributed by atoms with Gasteiger partial charge in [-0.05, 0) is 13.3 Å². The highest BCUT2D eigenvalue weighted by atomic mass is 16.5. The first-order chi connectivity index (χ1) is 7.08. The topological polar surface area (TPSA) is 52.6 Å². The Bertz CT molecular complexity index is 255. The molecule has 1 atom stereocenters. The standard InChI is InChI=1S/C11H18O4/c1-5-8(3)10(12)9(7-15-6-2)11(13)14-4/h7-8H,5-6H2,1-4H3/b9-7-. The monoisotopic (exact) mass is 214 g/mol. The molecule has 1 unspecified atom stereocenters. The minimum atomic E-state index is -0.645. The first-order valence-electron chi connectivity index (χ1n) is 5.02. The molecule has 0 aliphatic rings. The SMILES string of the molecule is CCO/C=C(\C(=O)OC)C(=O)C(C)CC. The fraction of sp³-hybridized carbons (Fsp3) is 0.636. The van der Waals surface area contributed by atoms with Crippen molar-refractivity contribution in [3.05, 3.63) is 11.8 Å². The van der Waals surface area contributed by atoms with Gasteiger partial charge in [-0.1, -0.05) is 13.8 Å². The molecule has 0 aliphatic carbocycles. The number of ether oxygens (including phenoxy) is 2. The van der Waals surface area contributed by atoms with Gasteiger partial charge in [0.25, 0.3) is 0 Å². The van der Waals surface area contributed by atoms with Crippen LogP contribution in [0.2, 0.25) is 0 Å². The Morgan fingerprint density at radius 1 is 1.33 bits per heavy atom. The largest absolute Gasteiger partial charge is 0.500 e. The third-order valence-corrected chi connectivity index (χ3v) is 2.10. The van der Waals surface area contributed by atoms with Crippen molar-refractivity contribution in [3.8, 4) is 0 Å². The third-order valence-electron chi connectivity index (χ3n) is 2.10. The smallest absolute Gasteiger partial charge is 0.344 e. The molecule has 0 saturated carbocycles. The quantitative estimate of drug-likeness (QED) is 0.222. The number of rotatable bonds is 6. The van der Waals surface area contributed by atoms with Gasteiger partial charge in [-0.25, -0.2) is 4.79 Å². The summed E-state index contributed by atoms with van der Waals surface area (Å²) in [6.45, 7) is 5.84. The highest BCUT2D eigenvalue weighted by molar-refractivity contribution is 6.17. The number of carbonyl (C=O) groups is 2. The molecular weight excluding hydrogens is 196 g/mol. The zero-order valence-electron chi connectivity index (χ0n) is 9.70. The van der Waals surface area contributed by atoms with Crippen LogP contribution in [0.4, 0.5) is 0 Å². The van der Waals surface area contributed by atoms with Crippen LogP contribution < -0.4 is 0 Å². The maximum atomic E-state index is 11.7. The van der Waals surface area contributed by atoms with Crippen molar-refractivity contribution in [3.63, 3.8) is 0 Å². The molecule has 0 aromatic carbocycles. The van der Waals surface area contributed by atoms with E-state index in [4.69, 9.17) is 4.74 Å². The highest BCUT2D eigenvalue weighted by Gasteiger charge is 2.23. The Kier molecular flexibility index (Phi) is 6.42. The molecule has 0 radical (unpaired) electrons. The molecule has 86 valence electrons. The molecule has 0 fully saturated rings. The van der Waals surface area contributed by atoms with Crippen LogP contribution in [-0.2, 0) is 19.1 Å². The van der Waals surface area contributed by atoms with E-state index in [1.54, 1.807) is 13.8 Å². The van der Waals surface area contributed by atoms with Gasteiger partial charge in [0.2, 0.25) is 0 Å². The summed E-state index contributed by atoms with van der Waals surface area (Å²) in [5.41, 5.74) is -0.0197. The second kappa shape index (κ2) is 7.04. The van der Waals surface area contributed by atoms with Crippen molar-refractivity contribution in [2.45, 2.75) is 27.2 Å². The van der Waals surface area contributed by atoms with Gasteiger partial charge in [-0.15, -0.1) is 0 Å². The Balaban J connectivity index is 4.78. The first kappa shape index (κ1) is 13.7. The number of methoxy groups -OCH3 is 1. The van der Waals surface area contributed by atoms with Gasteiger partial charge in [0.1, 0.15) is 11.8 Å². The number of esters is 1. The molecule has 0 saturated heterocycles. The number of ketones is 1. The highest BCUT2D eigenvalue weighted by Crippen LogP contribution is 2.11. The lowest BCUT2D eigenvalue weighted by Gasteiger charge is -2.09. The molecule has 0 spiro atoms. The Hall–Kier alpha value is -1.32. The molecule has 4 heteroatoms. The molecule has 4 nitrogen and oxygen atoms in total. The van der Waals surface area contributed by atoms with Crippen molar-refractivity contribution in [2.24, 2.45) is 5.92 Å². The Morgan fingerprint density at radius 3 is 2.33 bits per heavy atom. The summed E-state index contributed by atoms with van der Waals surface area (Å²) in [5, 5.41) is 0. The summed E-state index contributed by atoms with van der Waals surface area (Å²) in [7, 11) is 1.24. The van der Waals surface area contributed by atoms with Crippen LogP contribution in [0.1, 0.15) is 27.2 Å². The van der Waals surface area contributed by atoms with Crippen molar-refractivity contribution in [1.82, 2.24) is 0 Å². The lowest BCUT2D eigenvalue weighted by Crippen LogP contribution is -2.20. The van der Waals surface area contributed by atoms with Gasteiger partial charge in [0.05, 0.1) is 13.7 Å². The maximum absolute atomic E-state index is 11.7. The van der Waals surface area contributed by atoms with Gasteiger partial charge in [-0.3, -0.25) is 4.79 Å². The summed E-state index contributed by atoms with van der Waals surface area (Å²) >= 11 is 0. The minimum Gasteiger partial charge on any atom is -0.500 e. The van der Waals surface area contributed by atoms with E-state index < -0.39 is 5.97 Å². The Morgan fingerprint density at radius 2 is 1.93 bits per heavy atom. The molecule has 0 rings (SSSR count). The van der Waals surface area contributed by atoms with Gasteiger partial charge >= 0.3 is 5.97 Å². The second-order valence-corrected chi connectivity index (χ2v) is 3.15. The van der Waals surface area contributed by atoms with Gasteiger partial charge in [-0.2, -0.15) is 0 Å². The molecular formula is C11H18O4. The van der Waals surface area contributed by atoms with Crippen LogP contribution in [0.3, 0.4) is 0 Å². The lowest BCUT2D eigenvalue weighted by atomic mass is 9.98. The fourth-order valence-corrected chi connectivity index (χ4v) is 0.934. The third kappa shape index (κ3) is 4.14. The van der Waals surface area contributed by atoms with E-state index in [0.717, 1.165) is 0 Å². The van der Waals surface area contributed by atoms with Crippen molar-refractivity contribution in [1.29, 1.82) is 0 Å². The van der Waals surface area contributed by atoms with E-state index in [-0.39, 0.29) is 17.3 Å². The van der Waals surface area contributed by atoms with Crippen molar-refractivity contribution in [2.75, 3.05) is 13.7 Å². The molecule has 0 aromatic heterocycles. The molecule has 0 heterocycles. The van der Waals surface area contributed by atoms with Crippen molar-refractivity contribution >= 4 is 11.8 Å². The van der Waals surface area contributed by atoms with Crippen LogP contribution in [0.5, 0.6) is 0 Å². The second-order valence-electron chi connectivity index (χ2n) is 3.15. The number of hydrogen-bond acceptors (Lipinski definition) is 4. The van der Waals surface area contributed by atoms with Gasteiger partial charge in [0, 0.05) is 5.92 Å². The zero-order valence-corrected chi connectivity index (χ0v) is 9.70. The molecule has 0 amide bonds. The summed E-state index contributed by atoms with van der Waals surface area (Å²) in [6.07, 6.45) is 1.86. The van der Waals surface area contributed by atoms with Crippen molar-refractivity contribution < 1.29 is 19.1 Å². The summed E-state index contributed by atoms with van der Waals surface area (Å²) in [4.78, 5) is 23.0. The average Bonchev–Trinajstić information content (AvgIpc) is 2.27. The number of hydrogen-bond donors (Lipinski definition) is 0. The van der Waals surface area contributed by atoms with E-state index in [9.17, 15) is 9.59 Å².